The molecule has 1 fully saturated rings. The number of piperidine rings is 1. The Hall–Kier alpha value is 0.270. The van der Waals surface area contributed by atoms with Crippen LogP contribution in [0.25, 0.3) is 0 Å². The van der Waals surface area contributed by atoms with E-state index in [0.717, 1.165) is 5.92 Å². The van der Waals surface area contributed by atoms with Gasteiger partial charge in [0.05, 0.1) is 0 Å². The van der Waals surface area contributed by atoms with E-state index in [1.54, 1.807) is 0 Å². The number of nitrogens with one attached hydrogen (secondary N) is 1. The van der Waals surface area contributed by atoms with Gasteiger partial charge in [-0.15, -0.1) is 0 Å². The summed E-state index contributed by atoms with van der Waals surface area (Å²) in [6.07, 6.45) is 6.33. The van der Waals surface area contributed by atoms with Gasteiger partial charge in [-0.3, -0.25) is 0 Å². The Balaban J connectivity index is 2.13. The second-order valence-corrected chi connectivity index (χ2v) is 5.44. The molecule has 1 unspecified atom stereocenters. The first-order valence-electron chi connectivity index (χ1n) is 6.28. The van der Waals surface area contributed by atoms with Crippen LogP contribution in [0.4, 0.5) is 0 Å². The Morgan fingerprint density at radius 1 is 1.47 bits per heavy atom. The Labute approximate surface area is 99.2 Å². The van der Waals surface area contributed by atoms with Gasteiger partial charge in [-0.25, -0.2) is 0 Å². The van der Waals surface area contributed by atoms with Crippen molar-refractivity contribution >= 4 is 11.8 Å². The van der Waals surface area contributed by atoms with Crippen LogP contribution in [0.3, 0.4) is 0 Å². The van der Waals surface area contributed by atoms with E-state index in [2.05, 4.69) is 23.4 Å². The first-order chi connectivity index (χ1) is 7.36. The normalized spacial score (nSPS) is 22.2. The van der Waals surface area contributed by atoms with Gasteiger partial charge in [0.1, 0.15) is 0 Å². The molecule has 1 aliphatic heterocycles. The molecule has 0 bridgehead atoms. The Morgan fingerprint density at radius 2 is 2.33 bits per heavy atom. The van der Waals surface area contributed by atoms with Crippen LogP contribution in [-0.2, 0) is 0 Å². The van der Waals surface area contributed by atoms with Crippen LogP contribution >= 0.6 is 11.8 Å². The van der Waals surface area contributed by atoms with Crippen LogP contribution in [0.15, 0.2) is 0 Å². The molecule has 1 N–H and O–H groups in total. The molecule has 90 valence electrons. The van der Waals surface area contributed by atoms with Gasteiger partial charge in [-0.05, 0) is 63.4 Å². The van der Waals surface area contributed by atoms with E-state index < -0.39 is 0 Å². The van der Waals surface area contributed by atoms with Crippen molar-refractivity contribution in [3.05, 3.63) is 0 Å². The smallest absolute Gasteiger partial charge is 0.00217 e. The van der Waals surface area contributed by atoms with E-state index in [1.807, 2.05) is 11.8 Å². The highest BCUT2D eigenvalue weighted by atomic mass is 32.2. The fraction of sp³-hybridized carbons (Fsp3) is 1.00. The Morgan fingerprint density at radius 3 is 2.93 bits per heavy atom. The van der Waals surface area contributed by atoms with E-state index in [-0.39, 0.29) is 0 Å². The Kier molecular flexibility index (Phi) is 7.49. The van der Waals surface area contributed by atoms with Gasteiger partial charge in [-0.2, -0.15) is 11.8 Å². The third-order valence-corrected chi connectivity index (χ3v) is 3.88. The summed E-state index contributed by atoms with van der Waals surface area (Å²) in [5.41, 5.74) is 0. The molecule has 0 saturated carbocycles. The third-order valence-electron chi connectivity index (χ3n) is 3.19. The van der Waals surface area contributed by atoms with Gasteiger partial charge in [0.25, 0.3) is 0 Å². The minimum Gasteiger partial charge on any atom is -0.316 e. The molecular weight excluding hydrogens is 204 g/mol. The lowest BCUT2D eigenvalue weighted by Gasteiger charge is -2.29. The second kappa shape index (κ2) is 8.43. The van der Waals surface area contributed by atoms with E-state index in [1.165, 1.54) is 57.7 Å². The van der Waals surface area contributed by atoms with Crippen molar-refractivity contribution in [1.29, 1.82) is 0 Å². The molecule has 1 atom stereocenters. The molecule has 1 aliphatic rings. The molecule has 0 amide bonds. The lowest BCUT2D eigenvalue weighted by atomic mass is 9.99. The summed E-state index contributed by atoms with van der Waals surface area (Å²) in [7, 11) is 0. The van der Waals surface area contributed by atoms with Gasteiger partial charge < -0.3 is 10.2 Å². The van der Waals surface area contributed by atoms with Crippen LogP contribution in [0.2, 0.25) is 0 Å². The molecule has 0 radical (unpaired) electrons. The maximum absolute atomic E-state index is 3.50. The first-order valence-corrected chi connectivity index (χ1v) is 7.68. The summed E-state index contributed by atoms with van der Waals surface area (Å²) in [5, 5.41) is 3.50. The summed E-state index contributed by atoms with van der Waals surface area (Å²) in [4.78, 5) is 2.62. The van der Waals surface area contributed by atoms with E-state index >= 15 is 0 Å². The van der Waals surface area contributed by atoms with Crippen molar-refractivity contribution < 1.29 is 0 Å². The average Bonchev–Trinajstić information content (AvgIpc) is 2.29. The molecule has 0 aromatic heterocycles. The minimum absolute atomic E-state index is 0.896. The summed E-state index contributed by atoms with van der Waals surface area (Å²) in [6.45, 7) is 8.56. The molecule has 1 saturated heterocycles. The van der Waals surface area contributed by atoms with Gasteiger partial charge in [0.2, 0.25) is 0 Å². The highest BCUT2D eigenvalue weighted by Gasteiger charge is 2.15. The van der Waals surface area contributed by atoms with Crippen LogP contribution in [-0.4, -0.2) is 49.6 Å². The van der Waals surface area contributed by atoms with Crippen molar-refractivity contribution in [2.24, 2.45) is 5.92 Å². The maximum Gasteiger partial charge on any atom is 0.00217 e. The fourth-order valence-corrected chi connectivity index (χ4v) is 2.67. The van der Waals surface area contributed by atoms with Crippen LogP contribution < -0.4 is 5.32 Å². The van der Waals surface area contributed by atoms with E-state index in [4.69, 9.17) is 0 Å². The monoisotopic (exact) mass is 230 g/mol. The summed E-state index contributed by atoms with van der Waals surface area (Å²) in [6, 6.07) is 0. The molecule has 0 aromatic carbocycles. The summed E-state index contributed by atoms with van der Waals surface area (Å²) in [5.74, 6) is 2.20. The van der Waals surface area contributed by atoms with Crippen LogP contribution in [0.5, 0.6) is 0 Å². The van der Waals surface area contributed by atoms with Gasteiger partial charge >= 0.3 is 0 Å². The number of hydrogen-bond acceptors (Lipinski definition) is 3. The highest BCUT2D eigenvalue weighted by Crippen LogP contribution is 2.12. The topological polar surface area (TPSA) is 15.3 Å². The van der Waals surface area contributed by atoms with Crippen molar-refractivity contribution in [1.82, 2.24) is 10.2 Å². The molecule has 0 aliphatic carbocycles. The zero-order valence-corrected chi connectivity index (χ0v) is 11.1. The summed E-state index contributed by atoms with van der Waals surface area (Å²) >= 11 is 1.96. The Bertz CT molecular complexity index is 147. The van der Waals surface area contributed by atoms with Gasteiger partial charge in [0.15, 0.2) is 0 Å². The van der Waals surface area contributed by atoms with Crippen molar-refractivity contribution in [3.8, 4) is 0 Å². The predicted molar refractivity (Wildman–Crippen MR) is 70.7 cm³/mol. The van der Waals surface area contributed by atoms with Crippen molar-refractivity contribution in [3.63, 3.8) is 0 Å². The highest BCUT2D eigenvalue weighted by molar-refractivity contribution is 7.98. The van der Waals surface area contributed by atoms with Gasteiger partial charge in [-0.1, -0.05) is 6.92 Å². The average molecular weight is 230 g/mol. The second-order valence-electron chi connectivity index (χ2n) is 4.45. The van der Waals surface area contributed by atoms with Crippen LogP contribution in [0, 0.1) is 5.92 Å². The lowest BCUT2D eigenvalue weighted by molar-refractivity contribution is 0.217. The predicted octanol–water partition coefficient (Wildman–Crippen LogP) is 2.06. The SMILES string of the molecule is CCN(CCCSC)CC1CCCNC1. The molecule has 0 aromatic rings. The fourth-order valence-electron chi connectivity index (χ4n) is 2.26. The van der Waals surface area contributed by atoms with Crippen LogP contribution in [0.1, 0.15) is 26.2 Å². The zero-order chi connectivity index (χ0) is 10.9. The molecule has 1 rings (SSSR count). The van der Waals surface area contributed by atoms with E-state index in [9.17, 15) is 0 Å². The molecule has 1 heterocycles. The standard InChI is InChI=1S/C12H26N2S/c1-3-14(8-5-9-15-2)11-12-6-4-7-13-10-12/h12-13H,3-11H2,1-2H3. The quantitative estimate of drug-likeness (QED) is 0.674. The van der Waals surface area contributed by atoms with Gasteiger partial charge in [0, 0.05) is 6.54 Å². The minimum atomic E-state index is 0.896. The molecule has 15 heavy (non-hydrogen) atoms. The maximum atomic E-state index is 3.50. The third kappa shape index (κ3) is 5.79. The number of rotatable bonds is 7. The zero-order valence-electron chi connectivity index (χ0n) is 10.3. The molecular formula is C12H26N2S. The van der Waals surface area contributed by atoms with Crippen molar-refractivity contribution in [2.45, 2.75) is 26.2 Å². The van der Waals surface area contributed by atoms with Crippen molar-refractivity contribution in [2.75, 3.05) is 44.7 Å². The molecule has 3 heteroatoms. The first kappa shape index (κ1) is 13.3. The number of hydrogen-bond donors (Lipinski definition) is 1. The largest absolute Gasteiger partial charge is 0.316 e. The summed E-state index contributed by atoms with van der Waals surface area (Å²) < 4.78 is 0. The number of nitrogens with zero attached hydrogens (tertiary/aromatic N) is 1. The molecule has 2 nitrogen and oxygen atoms in total. The lowest BCUT2D eigenvalue weighted by Crippen LogP contribution is -2.38. The van der Waals surface area contributed by atoms with E-state index in [0.29, 0.717) is 0 Å². The number of thioether (sulfide) groups is 1. The molecule has 0 spiro atoms.